The Morgan fingerprint density at radius 3 is 2.95 bits per heavy atom. The molecule has 1 aromatic heterocycles. The lowest BCUT2D eigenvalue weighted by molar-refractivity contribution is 0.0523. The van der Waals surface area contributed by atoms with Crippen LogP contribution in [0.4, 0.5) is 0 Å². The third-order valence-electron chi connectivity index (χ3n) is 2.73. The van der Waals surface area contributed by atoms with Crippen molar-refractivity contribution in [3.05, 3.63) is 45.3 Å². The Morgan fingerprint density at radius 1 is 1.45 bits per heavy atom. The molecule has 0 aliphatic rings. The second-order valence-corrected chi connectivity index (χ2v) is 5.34. The zero-order chi connectivity index (χ0) is 14.5. The number of hydrogen-bond donors (Lipinski definition) is 0. The van der Waals surface area contributed by atoms with E-state index in [0.29, 0.717) is 17.9 Å². The van der Waals surface area contributed by atoms with Crippen LogP contribution in [0.5, 0.6) is 5.75 Å². The molecule has 106 valence electrons. The lowest BCUT2D eigenvalue weighted by Crippen LogP contribution is -2.11. The van der Waals surface area contributed by atoms with Gasteiger partial charge in [0.15, 0.2) is 0 Å². The summed E-state index contributed by atoms with van der Waals surface area (Å²) >= 11 is 2.22. The number of benzene rings is 1. The molecule has 0 atom stereocenters. The maximum absolute atomic E-state index is 11.8. The molecule has 0 amide bonds. The van der Waals surface area contributed by atoms with Gasteiger partial charge in [0.05, 0.1) is 18.5 Å². The number of halogens is 1. The van der Waals surface area contributed by atoms with Crippen LogP contribution in [0.2, 0.25) is 0 Å². The van der Waals surface area contributed by atoms with E-state index in [-0.39, 0.29) is 12.6 Å². The quantitative estimate of drug-likeness (QED) is 0.586. The first kappa shape index (κ1) is 14.8. The fourth-order valence-corrected chi connectivity index (χ4v) is 2.24. The van der Waals surface area contributed by atoms with E-state index in [4.69, 9.17) is 9.47 Å². The molecule has 1 heterocycles. The molecule has 2 aromatic rings. The first-order chi connectivity index (χ1) is 9.61. The third kappa shape index (κ3) is 3.50. The van der Waals surface area contributed by atoms with Crippen molar-refractivity contribution in [2.45, 2.75) is 13.5 Å². The molecule has 5 nitrogen and oxygen atoms in total. The van der Waals surface area contributed by atoms with Crippen molar-refractivity contribution in [3.8, 4) is 5.75 Å². The van der Waals surface area contributed by atoms with Gasteiger partial charge in [0.1, 0.15) is 17.9 Å². The first-order valence-electron chi connectivity index (χ1n) is 6.18. The molecule has 0 saturated heterocycles. The summed E-state index contributed by atoms with van der Waals surface area (Å²) in [5, 5.41) is 4.08. The molecule has 1 aromatic carbocycles. The van der Waals surface area contributed by atoms with Crippen LogP contribution in [0.25, 0.3) is 0 Å². The van der Waals surface area contributed by atoms with Crippen LogP contribution in [-0.2, 0) is 18.4 Å². The first-order valence-corrected chi connectivity index (χ1v) is 7.26. The number of aryl methyl sites for hydroxylation is 1. The zero-order valence-electron chi connectivity index (χ0n) is 11.3. The SMILES string of the molecule is CCOC(=O)c1cnn(C)c1COc1cccc(I)c1. The average Bonchev–Trinajstić information content (AvgIpc) is 2.78. The molecule has 0 N–H and O–H groups in total. The van der Waals surface area contributed by atoms with Gasteiger partial charge in [-0.15, -0.1) is 0 Å². The molecule has 20 heavy (non-hydrogen) atoms. The monoisotopic (exact) mass is 386 g/mol. The number of aromatic nitrogens is 2. The lowest BCUT2D eigenvalue weighted by atomic mass is 10.2. The summed E-state index contributed by atoms with van der Waals surface area (Å²) in [6, 6.07) is 7.72. The predicted octanol–water partition coefficient (Wildman–Crippen LogP) is 2.78. The molecule has 0 radical (unpaired) electrons. The normalized spacial score (nSPS) is 10.3. The number of nitrogens with zero attached hydrogens (tertiary/aromatic N) is 2. The fraction of sp³-hybridized carbons (Fsp3) is 0.286. The molecular weight excluding hydrogens is 371 g/mol. The van der Waals surface area contributed by atoms with E-state index in [0.717, 1.165) is 9.32 Å². The summed E-state index contributed by atoms with van der Waals surface area (Å²) in [7, 11) is 1.77. The molecule has 0 spiro atoms. The van der Waals surface area contributed by atoms with Gasteiger partial charge in [-0.2, -0.15) is 5.10 Å². The summed E-state index contributed by atoms with van der Waals surface area (Å²) < 4.78 is 13.4. The van der Waals surface area contributed by atoms with Crippen LogP contribution >= 0.6 is 22.6 Å². The Morgan fingerprint density at radius 2 is 2.25 bits per heavy atom. The fourth-order valence-electron chi connectivity index (χ4n) is 1.72. The number of rotatable bonds is 5. The van der Waals surface area contributed by atoms with E-state index in [1.807, 2.05) is 24.3 Å². The molecule has 0 saturated carbocycles. The van der Waals surface area contributed by atoms with E-state index in [1.54, 1.807) is 18.7 Å². The topological polar surface area (TPSA) is 53.3 Å². The number of esters is 1. The van der Waals surface area contributed by atoms with Crippen LogP contribution in [0, 0.1) is 3.57 Å². The van der Waals surface area contributed by atoms with E-state index >= 15 is 0 Å². The van der Waals surface area contributed by atoms with E-state index in [1.165, 1.54) is 6.20 Å². The van der Waals surface area contributed by atoms with Crippen molar-refractivity contribution in [2.24, 2.45) is 7.05 Å². The van der Waals surface area contributed by atoms with Crippen molar-refractivity contribution in [3.63, 3.8) is 0 Å². The minimum Gasteiger partial charge on any atom is -0.487 e. The molecule has 0 fully saturated rings. The second-order valence-electron chi connectivity index (χ2n) is 4.10. The van der Waals surface area contributed by atoms with Crippen LogP contribution < -0.4 is 4.74 Å². The predicted molar refractivity (Wildman–Crippen MR) is 82.7 cm³/mol. The van der Waals surface area contributed by atoms with Gasteiger partial charge in [0.2, 0.25) is 0 Å². The van der Waals surface area contributed by atoms with Gasteiger partial charge in [0.25, 0.3) is 0 Å². The summed E-state index contributed by atoms with van der Waals surface area (Å²) in [6.45, 7) is 2.38. The van der Waals surface area contributed by atoms with Crippen molar-refractivity contribution >= 4 is 28.6 Å². The van der Waals surface area contributed by atoms with Crippen molar-refractivity contribution in [2.75, 3.05) is 6.61 Å². The second kappa shape index (κ2) is 6.74. The van der Waals surface area contributed by atoms with E-state index in [2.05, 4.69) is 27.7 Å². The van der Waals surface area contributed by atoms with Gasteiger partial charge < -0.3 is 9.47 Å². The van der Waals surface area contributed by atoms with Gasteiger partial charge >= 0.3 is 5.97 Å². The highest BCUT2D eigenvalue weighted by molar-refractivity contribution is 14.1. The van der Waals surface area contributed by atoms with Gasteiger partial charge in [-0.3, -0.25) is 4.68 Å². The number of carbonyl (C=O) groups excluding carboxylic acids is 1. The van der Waals surface area contributed by atoms with Crippen molar-refractivity contribution in [1.82, 2.24) is 9.78 Å². The van der Waals surface area contributed by atoms with Crippen LogP contribution in [0.3, 0.4) is 0 Å². The largest absolute Gasteiger partial charge is 0.487 e. The number of carbonyl (C=O) groups is 1. The van der Waals surface area contributed by atoms with Crippen LogP contribution in [0.1, 0.15) is 23.0 Å². The molecular formula is C14H15IN2O3. The van der Waals surface area contributed by atoms with Crippen molar-refractivity contribution in [1.29, 1.82) is 0 Å². The molecule has 0 bridgehead atoms. The Hall–Kier alpha value is -1.57. The smallest absolute Gasteiger partial charge is 0.341 e. The Labute approximate surface area is 131 Å². The highest BCUT2D eigenvalue weighted by Gasteiger charge is 2.17. The van der Waals surface area contributed by atoms with Gasteiger partial charge in [-0.1, -0.05) is 6.07 Å². The molecule has 0 unspecified atom stereocenters. The Bertz CT molecular complexity index is 610. The van der Waals surface area contributed by atoms with E-state index < -0.39 is 0 Å². The number of ether oxygens (including phenoxy) is 2. The minimum atomic E-state index is -0.373. The summed E-state index contributed by atoms with van der Waals surface area (Å²) in [6.07, 6.45) is 1.51. The molecule has 0 aliphatic carbocycles. The standard InChI is InChI=1S/C14H15IN2O3/c1-3-19-14(18)12-8-16-17(2)13(12)9-20-11-6-4-5-10(15)7-11/h4-8H,3,9H2,1-2H3. The Balaban J connectivity index is 2.13. The summed E-state index contributed by atoms with van der Waals surface area (Å²) in [5.41, 5.74) is 1.14. The Kier molecular flexibility index (Phi) is 4.99. The van der Waals surface area contributed by atoms with Crippen LogP contribution in [-0.4, -0.2) is 22.4 Å². The maximum atomic E-state index is 11.8. The zero-order valence-corrected chi connectivity index (χ0v) is 13.5. The van der Waals surface area contributed by atoms with Gasteiger partial charge in [0, 0.05) is 10.6 Å². The van der Waals surface area contributed by atoms with Crippen LogP contribution in [0.15, 0.2) is 30.5 Å². The van der Waals surface area contributed by atoms with Gasteiger partial charge in [-0.25, -0.2) is 4.79 Å². The lowest BCUT2D eigenvalue weighted by Gasteiger charge is -2.09. The van der Waals surface area contributed by atoms with Gasteiger partial charge in [-0.05, 0) is 47.7 Å². The highest BCUT2D eigenvalue weighted by Crippen LogP contribution is 2.18. The minimum absolute atomic E-state index is 0.269. The maximum Gasteiger partial charge on any atom is 0.341 e. The highest BCUT2D eigenvalue weighted by atomic mass is 127. The number of hydrogen-bond acceptors (Lipinski definition) is 4. The molecule has 2 rings (SSSR count). The average molecular weight is 386 g/mol. The van der Waals surface area contributed by atoms with Crippen molar-refractivity contribution < 1.29 is 14.3 Å². The molecule has 0 aliphatic heterocycles. The molecule has 6 heteroatoms. The summed E-state index contributed by atoms with van der Waals surface area (Å²) in [4.78, 5) is 11.8. The third-order valence-corrected chi connectivity index (χ3v) is 3.40. The van der Waals surface area contributed by atoms with E-state index in [9.17, 15) is 4.79 Å². The summed E-state index contributed by atoms with van der Waals surface area (Å²) in [5.74, 6) is 0.384.